The Morgan fingerprint density at radius 1 is 1.24 bits per heavy atom. The van der Waals surface area contributed by atoms with Gasteiger partial charge in [-0.15, -0.1) is 0 Å². The molecule has 0 saturated heterocycles. The molecule has 1 aliphatic rings. The molecule has 0 heterocycles. The summed E-state index contributed by atoms with van der Waals surface area (Å²) in [6.07, 6.45) is 1.05. The van der Waals surface area contributed by atoms with Gasteiger partial charge in [-0.3, -0.25) is 0 Å². The standard InChI is InChI=1S/C12H12F3NO4S/c13-12(14,15)21(19,20)9-5-2-1-4-8(9)16-11(10(17)18)6-3-7-11/h1-2,4-5,16H,3,6-7H2,(H,17,18). The summed E-state index contributed by atoms with van der Waals surface area (Å²) < 4.78 is 61.0. The molecule has 0 aromatic heterocycles. The Balaban J connectivity index is 2.46. The maximum absolute atomic E-state index is 12.7. The van der Waals surface area contributed by atoms with Crippen LogP contribution in [0.5, 0.6) is 0 Å². The molecule has 1 saturated carbocycles. The fourth-order valence-corrected chi connectivity index (χ4v) is 3.03. The SMILES string of the molecule is O=C(O)C1(Nc2ccccc2S(=O)(=O)C(F)(F)F)CCC1. The second-order valence-corrected chi connectivity index (χ2v) is 6.72. The highest BCUT2D eigenvalue weighted by atomic mass is 32.2. The molecule has 1 aromatic rings. The van der Waals surface area contributed by atoms with E-state index >= 15 is 0 Å². The molecule has 5 nitrogen and oxygen atoms in total. The number of para-hydroxylation sites is 1. The lowest BCUT2D eigenvalue weighted by Gasteiger charge is -2.39. The Hall–Kier alpha value is -1.77. The molecule has 0 spiro atoms. The second-order valence-electron chi connectivity index (χ2n) is 4.81. The highest BCUT2D eigenvalue weighted by molar-refractivity contribution is 7.92. The van der Waals surface area contributed by atoms with E-state index in [0.29, 0.717) is 6.42 Å². The van der Waals surface area contributed by atoms with Gasteiger partial charge in [0.2, 0.25) is 0 Å². The van der Waals surface area contributed by atoms with E-state index in [2.05, 4.69) is 5.32 Å². The number of alkyl halides is 3. The van der Waals surface area contributed by atoms with Crippen molar-refractivity contribution in [3.8, 4) is 0 Å². The Bertz CT molecular complexity index is 665. The van der Waals surface area contributed by atoms with Crippen LogP contribution in [-0.4, -0.2) is 30.5 Å². The van der Waals surface area contributed by atoms with Gasteiger partial charge >= 0.3 is 11.5 Å². The quantitative estimate of drug-likeness (QED) is 0.889. The lowest BCUT2D eigenvalue weighted by atomic mass is 9.76. The average Bonchev–Trinajstić information content (AvgIpc) is 2.32. The van der Waals surface area contributed by atoms with Crippen molar-refractivity contribution < 1.29 is 31.5 Å². The molecule has 1 aliphatic carbocycles. The van der Waals surface area contributed by atoms with Crippen LogP contribution in [0.1, 0.15) is 19.3 Å². The summed E-state index contributed by atoms with van der Waals surface area (Å²) in [7, 11) is -5.54. The summed E-state index contributed by atoms with van der Waals surface area (Å²) in [5, 5.41) is 11.6. The predicted octanol–water partition coefficient (Wildman–Crippen LogP) is 2.40. The van der Waals surface area contributed by atoms with E-state index in [1.165, 1.54) is 6.07 Å². The van der Waals surface area contributed by atoms with Crippen molar-refractivity contribution in [3.05, 3.63) is 24.3 Å². The molecule has 0 aliphatic heterocycles. The van der Waals surface area contributed by atoms with Gasteiger partial charge in [-0.1, -0.05) is 12.1 Å². The molecule has 2 rings (SSSR count). The van der Waals surface area contributed by atoms with Crippen molar-refractivity contribution in [2.45, 2.75) is 35.2 Å². The number of halogens is 3. The summed E-state index contributed by atoms with van der Waals surface area (Å²) >= 11 is 0. The fourth-order valence-electron chi connectivity index (χ4n) is 2.11. The topological polar surface area (TPSA) is 83.5 Å². The molecule has 0 atom stereocenters. The van der Waals surface area contributed by atoms with Gasteiger partial charge < -0.3 is 10.4 Å². The summed E-state index contributed by atoms with van der Waals surface area (Å²) in [6.45, 7) is 0. The Kier molecular flexibility index (Phi) is 3.64. The van der Waals surface area contributed by atoms with Crippen LogP contribution in [0.15, 0.2) is 29.2 Å². The first-order chi connectivity index (χ1) is 9.60. The third kappa shape index (κ3) is 2.57. The van der Waals surface area contributed by atoms with E-state index in [0.717, 1.165) is 18.2 Å². The maximum Gasteiger partial charge on any atom is 0.501 e. The van der Waals surface area contributed by atoms with E-state index in [-0.39, 0.29) is 18.5 Å². The number of carboxylic acid groups (broad SMARTS) is 1. The highest BCUT2D eigenvalue weighted by Crippen LogP contribution is 2.39. The van der Waals surface area contributed by atoms with E-state index in [9.17, 15) is 26.4 Å². The lowest BCUT2D eigenvalue weighted by Crippen LogP contribution is -2.52. The van der Waals surface area contributed by atoms with Gasteiger partial charge in [0.25, 0.3) is 9.84 Å². The minimum Gasteiger partial charge on any atom is -0.480 e. The molecule has 0 unspecified atom stereocenters. The molecule has 0 bridgehead atoms. The number of carbonyl (C=O) groups is 1. The van der Waals surface area contributed by atoms with Crippen LogP contribution in [0.3, 0.4) is 0 Å². The number of rotatable bonds is 4. The molecule has 1 aromatic carbocycles. The molecule has 1 fully saturated rings. The van der Waals surface area contributed by atoms with Gasteiger partial charge in [0, 0.05) is 0 Å². The van der Waals surface area contributed by atoms with Crippen LogP contribution in [-0.2, 0) is 14.6 Å². The van der Waals surface area contributed by atoms with Crippen molar-refractivity contribution >= 4 is 21.5 Å². The van der Waals surface area contributed by atoms with Crippen LogP contribution in [0.2, 0.25) is 0 Å². The third-order valence-electron chi connectivity index (χ3n) is 3.47. The van der Waals surface area contributed by atoms with Gasteiger partial charge in [-0.2, -0.15) is 13.2 Å². The first kappa shape index (κ1) is 15.6. The molecule has 9 heteroatoms. The van der Waals surface area contributed by atoms with E-state index < -0.39 is 31.7 Å². The Morgan fingerprint density at radius 3 is 2.24 bits per heavy atom. The molecule has 116 valence electrons. The highest BCUT2D eigenvalue weighted by Gasteiger charge is 2.50. The van der Waals surface area contributed by atoms with Crippen molar-refractivity contribution in [1.82, 2.24) is 0 Å². The van der Waals surface area contributed by atoms with Gasteiger partial charge in [0.15, 0.2) is 0 Å². The largest absolute Gasteiger partial charge is 0.501 e. The van der Waals surface area contributed by atoms with Crippen molar-refractivity contribution in [2.24, 2.45) is 0 Å². The maximum atomic E-state index is 12.7. The van der Waals surface area contributed by atoms with Gasteiger partial charge in [0.05, 0.1) is 10.6 Å². The number of nitrogens with one attached hydrogen (secondary N) is 1. The minimum atomic E-state index is -5.54. The van der Waals surface area contributed by atoms with Crippen LogP contribution < -0.4 is 5.32 Å². The summed E-state index contributed by atoms with van der Waals surface area (Å²) in [5.41, 5.74) is -7.20. The van der Waals surface area contributed by atoms with Gasteiger partial charge in [-0.05, 0) is 31.4 Å². The Morgan fingerprint density at radius 2 is 1.81 bits per heavy atom. The van der Waals surface area contributed by atoms with Crippen LogP contribution >= 0.6 is 0 Å². The number of aliphatic carboxylic acids is 1. The van der Waals surface area contributed by atoms with Crippen molar-refractivity contribution in [2.75, 3.05) is 5.32 Å². The molecular formula is C12H12F3NO4S. The van der Waals surface area contributed by atoms with Crippen molar-refractivity contribution in [1.29, 1.82) is 0 Å². The average molecular weight is 323 g/mol. The smallest absolute Gasteiger partial charge is 0.480 e. The lowest BCUT2D eigenvalue weighted by molar-refractivity contribution is -0.145. The molecule has 0 amide bonds. The van der Waals surface area contributed by atoms with E-state index in [1.54, 1.807) is 0 Å². The summed E-state index contributed by atoms with van der Waals surface area (Å²) in [5.74, 6) is -1.21. The zero-order chi connectivity index (χ0) is 15.9. The summed E-state index contributed by atoms with van der Waals surface area (Å²) in [4.78, 5) is 10.3. The van der Waals surface area contributed by atoms with Crippen LogP contribution in [0, 0.1) is 0 Å². The van der Waals surface area contributed by atoms with Gasteiger partial charge in [-0.25, -0.2) is 13.2 Å². The minimum absolute atomic E-state index is 0.225. The third-order valence-corrected chi connectivity index (χ3v) is 5.02. The fraction of sp³-hybridized carbons (Fsp3) is 0.417. The molecule has 21 heavy (non-hydrogen) atoms. The zero-order valence-electron chi connectivity index (χ0n) is 10.6. The molecular weight excluding hydrogens is 311 g/mol. The predicted molar refractivity (Wildman–Crippen MR) is 67.5 cm³/mol. The number of hydrogen-bond acceptors (Lipinski definition) is 4. The van der Waals surface area contributed by atoms with E-state index in [4.69, 9.17) is 5.11 Å². The molecule has 2 N–H and O–H groups in total. The van der Waals surface area contributed by atoms with Crippen LogP contribution in [0.25, 0.3) is 0 Å². The number of sulfone groups is 1. The van der Waals surface area contributed by atoms with Crippen LogP contribution in [0.4, 0.5) is 18.9 Å². The monoisotopic (exact) mass is 323 g/mol. The zero-order valence-corrected chi connectivity index (χ0v) is 11.5. The number of hydrogen-bond donors (Lipinski definition) is 2. The summed E-state index contributed by atoms with van der Waals surface area (Å²) in [6, 6.07) is 4.42. The first-order valence-electron chi connectivity index (χ1n) is 6.02. The second kappa shape index (κ2) is 4.90. The van der Waals surface area contributed by atoms with E-state index in [1.807, 2.05) is 0 Å². The molecule has 0 radical (unpaired) electrons. The Labute approximate surface area is 118 Å². The van der Waals surface area contributed by atoms with Crippen molar-refractivity contribution in [3.63, 3.8) is 0 Å². The number of carboxylic acids is 1. The normalized spacial score (nSPS) is 17.9. The van der Waals surface area contributed by atoms with Gasteiger partial charge in [0.1, 0.15) is 5.54 Å². The first-order valence-corrected chi connectivity index (χ1v) is 7.50. The number of benzene rings is 1. The number of anilines is 1.